The Bertz CT molecular complexity index is 837. The number of hydrogen-bond acceptors (Lipinski definition) is 8. The number of thiol groups is 1. The number of fused-ring (bicyclic) bond motifs is 4. The van der Waals surface area contributed by atoms with Crippen LogP contribution in [0.15, 0.2) is 11.8 Å². The summed E-state index contributed by atoms with van der Waals surface area (Å²) in [6.45, 7) is 4.41. The summed E-state index contributed by atoms with van der Waals surface area (Å²) in [5.41, 5.74) is 1.12. The zero-order valence-electron chi connectivity index (χ0n) is 24.6. The van der Waals surface area contributed by atoms with Crippen molar-refractivity contribution in [2.45, 2.75) is 121 Å². The molecule has 1 aliphatic heterocycles. The Morgan fingerprint density at radius 1 is 1.00 bits per heavy atom. The van der Waals surface area contributed by atoms with Gasteiger partial charge in [-0.25, -0.2) is 0 Å². The third-order valence-electron chi connectivity index (χ3n) is 8.85. The lowest BCUT2D eigenvalue weighted by Gasteiger charge is -2.49. The van der Waals surface area contributed by atoms with Crippen LogP contribution in [-0.4, -0.2) is 42.4 Å². The number of carbonyl (C=O) groups excluding carboxylic acids is 1. The highest BCUT2D eigenvalue weighted by molar-refractivity contribution is 8.47. The van der Waals surface area contributed by atoms with Crippen molar-refractivity contribution in [1.29, 1.82) is 0 Å². The van der Waals surface area contributed by atoms with E-state index in [1.54, 1.807) is 23.5 Å². The minimum atomic E-state index is -0.255. The number of esters is 1. The third kappa shape index (κ3) is 12.3. The SMILES string of the molecule is CCCSC(=S)SC(C)C(=O)OCC1=CC2C3CCCCCCC(CCCSC(=S)S)CCCCCCC3C2N1. The molecule has 2 fully saturated rings. The van der Waals surface area contributed by atoms with Gasteiger partial charge in [-0.3, -0.25) is 4.79 Å². The summed E-state index contributed by atoms with van der Waals surface area (Å²) in [7, 11) is 0. The second-order valence-corrected chi connectivity index (χ2v) is 18.3. The second-order valence-electron chi connectivity index (χ2n) is 11.8. The van der Waals surface area contributed by atoms with Crippen LogP contribution < -0.4 is 5.32 Å². The molecule has 3 nitrogen and oxygen atoms in total. The van der Waals surface area contributed by atoms with Gasteiger partial charge in [0.05, 0.1) is 0 Å². The Kier molecular flexibility index (Phi) is 17.3. The van der Waals surface area contributed by atoms with Crippen LogP contribution in [0.25, 0.3) is 0 Å². The summed E-state index contributed by atoms with van der Waals surface area (Å²) in [6, 6.07) is 0.548. The second kappa shape index (κ2) is 19.8. The molecule has 0 aromatic rings. The number of ether oxygens (including phenoxy) is 1. The van der Waals surface area contributed by atoms with Gasteiger partial charge in [0.2, 0.25) is 0 Å². The van der Waals surface area contributed by atoms with Gasteiger partial charge >= 0.3 is 5.97 Å². The molecule has 0 aromatic heterocycles. The highest BCUT2D eigenvalue weighted by Crippen LogP contribution is 2.50. The molecule has 1 heterocycles. The third-order valence-corrected chi connectivity index (χ3v) is 13.2. The monoisotopic (exact) mass is 661 g/mol. The molecule has 228 valence electrons. The number of nitrogens with one attached hydrogen (secondary N) is 1. The van der Waals surface area contributed by atoms with Crippen LogP contribution in [0.4, 0.5) is 0 Å². The van der Waals surface area contributed by atoms with Crippen molar-refractivity contribution >= 4 is 85.4 Å². The Morgan fingerprint density at radius 2 is 1.65 bits per heavy atom. The summed E-state index contributed by atoms with van der Waals surface area (Å²) < 4.78 is 7.33. The van der Waals surface area contributed by atoms with Crippen molar-refractivity contribution in [1.82, 2.24) is 5.32 Å². The Balaban J connectivity index is 1.42. The highest BCUT2D eigenvalue weighted by atomic mass is 32.2. The maximum Gasteiger partial charge on any atom is 0.319 e. The van der Waals surface area contributed by atoms with Gasteiger partial charge in [0.15, 0.2) is 0 Å². The number of hydrogen-bond donors (Lipinski definition) is 2. The van der Waals surface area contributed by atoms with Crippen molar-refractivity contribution in [2.24, 2.45) is 23.7 Å². The first-order chi connectivity index (χ1) is 19.4. The summed E-state index contributed by atoms with van der Waals surface area (Å²) in [5, 5.41) is 3.51. The zero-order chi connectivity index (χ0) is 28.7. The predicted molar refractivity (Wildman–Crippen MR) is 191 cm³/mol. The summed E-state index contributed by atoms with van der Waals surface area (Å²) in [5.74, 6) is 5.04. The van der Waals surface area contributed by atoms with E-state index in [0.717, 1.165) is 48.4 Å². The van der Waals surface area contributed by atoms with E-state index in [0.29, 0.717) is 18.6 Å². The average Bonchev–Trinajstić information content (AvgIpc) is 3.29. The van der Waals surface area contributed by atoms with Crippen LogP contribution in [0.2, 0.25) is 0 Å². The maximum atomic E-state index is 12.6. The first-order valence-corrected chi connectivity index (χ1v) is 19.8. The van der Waals surface area contributed by atoms with Crippen LogP contribution in [0, 0.1) is 23.7 Å². The molecular formula is C31H51NO2S6. The van der Waals surface area contributed by atoms with E-state index in [-0.39, 0.29) is 11.2 Å². The van der Waals surface area contributed by atoms with Gasteiger partial charge in [0.1, 0.15) is 18.9 Å². The first-order valence-electron chi connectivity index (χ1n) is 15.7. The standard InChI is InChI=1S/C31H51NO2S6/c1-3-18-39-31(37)40-22(2)29(33)34-21-24-20-27-25-16-10-6-4-8-13-23(15-12-19-38-30(35)36)14-9-5-7-11-17-26(25)28(27)32-24/h20,22-23,25-28,32H,3-19,21H2,1-2H3,(H,35,36). The molecule has 0 bridgehead atoms. The van der Waals surface area contributed by atoms with E-state index in [1.807, 2.05) is 6.92 Å². The molecule has 2 aliphatic carbocycles. The largest absolute Gasteiger partial charge is 0.458 e. The molecule has 6 atom stereocenters. The van der Waals surface area contributed by atoms with Crippen molar-refractivity contribution in [3.8, 4) is 0 Å². The van der Waals surface area contributed by atoms with Crippen LogP contribution in [0.5, 0.6) is 0 Å². The Labute approximate surface area is 273 Å². The van der Waals surface area contributed by atoms with E-state index in [2.05, 4.69) is 30.9 Å². The summed E-state index contributed by atoms with van der Waals surface area (Å²) in [4.78, 5) is 12.6. The van der Waals surface area contributed by atoms with Crippen molar-refractivity contribution in [3.05, 3.63) is 11.8 Å². The van der Waals surface area contributed by atoms with Gasteiger partial charge in [0, 0.05) is 17.7 Å². The number of thiocarbonyl (C=S) groups is 2. The van der Waals surface area contributed by atoms with Gasteiger partial charge < -0.3 is 10.1 Å². The fraction of sp³-hybridized carbons (Fsp3) is 0.839. The van der Waals surface area contributed by atoms with Crippen molar-refractivity contribution in [2.75, 3.05) is 18.1 Å². The molecule has 0 aromatic carbocycles. The predicted octanol–water partition coefficient (Wildman–Crippen LogP) is 9.84. The Morgan fingerprint density at radius 3 is 2.30 bits per heavy atom. The van der Waals surface area contributed by atoms with Crippen LogP contribution in [-0.2, 0) is 9.53 Å². The number of carbonyl (C=O) groups is 1. The molecule has 0 saturated heterocycles. The van der Waals surface area contributed by atoms with Gasteiger partial charge in [-0.15, -0.1) is 36.2 Å². The lowest BCUT2D eigenvalue weighted by molar-refractivity contribution is -0.141. The van der Waals surface area contributed by atoms with Gasteiger partial charge in [-0.05, 0) is 68.3 Å². The normalized spacial score (nSPS) is 28.4. The number of rotatable bonds is 10. The molecule has 1 N–H and O–H groups in total. The quantitative estimate of drug-likeness (QED) is 0.104. The molecule has 0 spiro atoms. The van der Waals surface area contributed by atoms with Crippen molar-refractivity contribution in [3.63, 3.8) is 0 Å². The summed E-state index contributed by atoms with van der Waals surface area (Å²) in [6.07, 6.45) is 22.6. The molecule has 9 heteroatoms. The molecule has 3 rings (SSSR count). The molecule has 6 unspecified atom stereocenters. The van der Waals surface area contributed by atoms with E-state index < -0.39 is 0 Å². The van der Waals surface area contributed by atoms with Crippen LogP contribution in [0.1, 0.15) is 110 Å². The van der Waals surface area contributed by atoms with Crippen LogP contribution >= 0.6 is 72.4 Å². The highest BCUT2D eigenvalue weighted by Gasteiger charge is 2.51. The zero-order valence-corrected chi connectivity index (χ0v) is 29.6. The minimum Gasteiger partial charge on any atom is -0.458 e. The molecule has 40 heavy (non-hydrogen) atoms. The van der Waals surface area contributed by atoms with Crippen LogP contribution in [0.3, 0.4) is 0 Å². The lowest BCUT2D eigenvalue weighted by Crippen LogP contribution is -2.54. The Hall–Kier alpha value is 0.590. The van der Waals surface area contributed by atoms with E-state index in [9.17, 15) is 4.79 Å². The van der Waals surface area contributed by atoms with E-state index >= 15 is 0 Å². The molecular weight excluding hydrogens is 611 g/mol. The average molecular weight is 662 g/mol. The summed E-state index contributed by atoms with van der Waals surface area (Å²) >= 11 is 19.6. The fourth-order valence-corrected chi connectivity index (χ4v) is 10.2. The maximum absolute atomic E-state index is 12.6. The number of thioether (sulfide) groups is 3. The van der Waals surface area contributed by atoms with Gasteiger partial charge in [-0.1, -0.05) is 113 Å². The fourth-order valence-electron chi connectivity index (χ4n) is 6.75. The lowest BCUT2D eigenvalue weighted by atomic mass is 9.58. The molecule has 2 saturated carbocycles. The van der Waals surface area contributed by atoms with E-state index in [4.69, 9.17) is 29.2 Å². The van der Waals surface area contributed by atoms with Gasteiger partial charge in [0.25, 0.3) is 0 Å². The van der Waals surface area contributed by atoms with Gasteiger partial charge in [-0.2, -0.15) is 0 Å². The van der Waals surface area contributed by atoms with Crippen molar-refractivity contribution < 1.29 is 9.53 Å². The van der Waals surface area contributed by atoms with E-state index in [1.165, 1.54) is 102 Å². The molecule has 0 radical (unpaired) electrons. The first kappa shape index (κ1) is 35.1. The topological polar surface area (TPSA) is 38.3 Å². The minimum absolute atomic E-state index is 0.163. The molecule has 0 amide bonds. The smallest absolute Gasteiger partial charge is 0.319 e. The molecule has 3 aliphatic rings.